The lowest BCUT2D eigenvalue weighted by Gasteiger charge is -2.19. The van der Waals surface area contributed by atoms with Gasteiger partial charge in [0.1, 0.15) is 0 Å². The molecule has 1 saturated heterocycles. The fraction of sp³-hybridized carbons (Fsp3) is 0.632. The number of rotatable bonds is 5. The van der Waals surface area contributed by atoms with E-state index in [4.69, 9.17) is 4.99 Å². The van der Waals surface area contributed by atoms with Gasteiger partial charge in [0.25, 0.3) is 0 Å². The van der Waals surface area contributed by atoms with Crippen LogP contribution in [-0.2, 0) is 0 Å². The Balaban J connectivity index is 1.51. The first-order valence-corrected chi connectivity index (χ1v) is 10.1. The second-order valence-electron chi connectivity index (χ2n) is 6.92. The SMILES string of the molecule is CCNC(=NCC1CCN(c2ccc(Br)cc2)C1)NC1CCCC1. The standard InChI is InChI=1S/C19H29BrN4/c1-2-21-19(23-17-5-3-4-6-17)22-13-15-11-12-24(14-15)18-9-7-16(20)8-10-18/h7-10,15,17H,2-6,11-14H2,1H3,(H2,21,22,23). The van der Waals surface area contributed by atoms with Crippen molar-refractivity contribution in [1.29, 1.82) is 0 Å². The predicted octanol–water partition coefficient (Wildman–Crippen LogP) is 3.77. The molecular weight excluding hydrogens is 364 g/mol. The highest BCUT2D eigenvalue weighted by molar-refractivity contribution is 9.10. The fourth-order valence-corrected chi connectivity index (χ4v) is 3.94. The first kappa shape index (κ1) is 17.6. The van der Waals surface area contributed by atoms with E-state index in [1.165, 1.54) is 37.8 Å². The van der Waals surface area contributed by atoms with Crippen LogP contribution in [0.2, 0.25) is 0 Å². The Hall–Kier alpha value is -1.23. The molecule has 1 aromatic rings. The number of nitrogens with one attached hydrogen (secondary N) is 2. The van der Waals surface area contributed by atoms with Gasteiger partial charge >= 0.3 is 0 Å². The molecule has 0 bridgehead atoms. The molecule has 1 aromatic carbocycles. The van der Waals surface area contributed by atoms with Crippen LogP contribution in [0.3, 0.4) is 0 Å². The summed E-state index contributed by atoms with van der Waals surface area (Å²) in [7, 11) is 0. The van der Waals surface area contributed by atoms with Gasteiger partial charge in [0.2, 0.25) is 0 Å². The molecule has 24 heavy (non-hydrogen) atoms. The van der Waals surface area contributed by atoms with E-state index in [-0.39, 0.29) is 0 Å². The van der Waals surface area contributed by atoms with Crippen molar-refractivity contribution in [3.8, 4) is 0 Å². The van der Waals surface area contributed by atoms with Crippen LogP contribution in [0, 0.1) is 5.92 Å². The molecule has 1 aliphatic heterocycles. The topological polar surface area (TPSA) is 39.7 Å². The summed E-state index contributed by atoms with van der Waals surface area (Å²) in [6, 6.07) is 9.25. The van der Waals surface area contributed by atoms with E-state index in [2.05, 4.69) is 62.7 Å². The zero-order chi connectivity index (χ0) is 16.8. The van der Waals surface area contributed by atoms with Gasteiger partial charge in [-0.3, -0.25) is 4.99 Å². The zero-order valence-electron chi connectivity index (χ0n) is 14.6. The molecule has 1 heterocycles. The van der Waals surface area contributed by atoms with Gasteiger partial charge in [0, 0.05) is 42.4 Å². The average Bonchev–Trinajstić information content (AvgIpc) is 3.25. The molecule has 1 aliphatic carbocycles. The molecule has 0 amide bonds. The number of aliphatic imine (C=N–C) groups is 1. The maximum absolute atomic E-state index is 4.86. The fourth-order valence-electron chi connectivity index (χ4n) is 3.67. The number of hydrogen-bond acceptors (Lipinski definition) is 2. The van der Waals surface area contributed by atoms with Crippen LogP contribution in [0.25, 0.3) is 0 Å². The van der Waals surface area contributed by atoms with Crippen LogP contribution in [0.5, 0.6) is 0 Å². The summed E-state index contributed by atoms with van der Waals surface area (Å²) in [5.41, 5.74) is 1.32. The highest BCUT2D eigenvalue weighted by Gasteiger charge is 2.23. The number of hydrogen-bond donors (Lipinski definition) is 2. The maximum atomic E-state index is 4.86. The molecule has 1 atom stereocenters. The van der Waals surface area contributed by atoms with E-state index >= 15 is 0 Å². The van der Waals surface area contributed by atoms with Crippen molar-refractivity contribution in [2.24, 2.45) is 10.9 Å². The van der Waals surface area contributed by atoms with Crippen molar-refractivity contribution in [3.63, 3.8) is 0 Å². The second-order valence-corrected chi connectivity index (χ2v) is 7.84. The van der Waals surface area contributed by atoms with Crippen molar-refractivity contribution in [3.05, 3.63) is 28.7 Å². The molecule has 0 aromatic heterocycles. The van der Waals surface area contributed by atoms with Gasteiger partial charge in [-0.25, -0.2) is 0 Å². The molecule has 0 radical (unpaired) electrons. The van der Waals surface area contributed by atoms with Crippen molar-refractivity contribution in [2.75, 3.05) is 31.1 Å². The number of anilines is 1. The van der Waals surface area contributed by atoms with Gasteiger partial charge in [0.05, 0.1) is 0 Å². The molecule has 1 unspecified atom stereocenters. The lowest BCUT2D eigenvalue weighted by molar-refractivity contribution is 0.584. The van der Waals surface area contributed by atoms with Gasteiger partial charge < -0.3 is 15.5 Å². The molecule has 4 nitrogen and oxygen atoms in total. The van der Waals surface area contributed by atoms with Crippen molar-refractivity contribution < 1.29 is 0 Å². The second kappa shape index (κ2) is 8.75. The highest BCUT2D eigenvalue weighted by Crippen LogP contribution is 2.25. The van der Waals surface area contributed by atoms with E-state index in [9.17, 15) is 0 Å². The molecule has 5 heteroatoms. The lowest BCUT2D eigenvalue weighted by atomic mass is 10.1. The van der Waals surface area contributed by atoms with Crippen LogP contribution < -0.4 is 15.5 Å². The van der Waals surface area contributed by atoms with E-state index < -0.39 is 0 Å². The molecule has 132 valence electrons. The molecule has 3 rings (SSSR count). The van der Waals surface area contributed by atoms with Crippen LogP contribution in [0.1, 0.15) is 39.0 Å². The van der Waals surface area contributed by atoms with E-state index in [1.54, 1.807) is 0 Å². The Morgan fingerprint density at radius 1 is 1.21 bits per heavy atom. The molecule has 1 saturated carbocycles. The summed E-state index contributed by atoms with van der Waals surface area (Å²) in [6.45, 7) is 6.21. The summed E-state index contributed by atoms with van der Waals surface area (Å²) in [5, 5.41) is 7.01. The van der Waals surface area contributed by atoms with Gasteiger partial charge in [-0.2, -0.15) is 0 Å². The Morgan fingerprint density at radius 3 is 2.67 bits per heavy atom. The quantitative estimate of drug-likeness (QED) is 0.591. The summed E-state index contributed by atoms with van der Waals surface area (Å²) < 4.78 is 1.14. The first-order valence-electron chi connectivity index (χ1n) is 9.30. The Morgan fingerprint density at radius 2 is 1.96 bits per heavy atom. The molecule has 2 fully saturated rings. The zero-order valence-corrected chi connectivity index (χ0v) is 16.2. The molecular formula is C19H29BrN4. The third-order valence-corrected chi connectivity index (χ3v) is 5.55. The van der Waals surface area contributed by atoms with E-state index in [0.717, 1.165) is 36.6 Å². The largest absolute Gasteiger partial charge is 0.371 e. The number of benzene rings is 1. The van der Waals surface area contributed by atoms with Gasteiger partial charge in [-0.1, -0.05) is 28.8 Å². The summed E-state index contributed by atoms with van der Waals surface area (Å²) >= 11 is 3.51. The number of nitrogens with zero attached hydrogens (tertiary/aromatic N) is 2. The van der Waals surface area contributed by atoms with Gasteiger partial charge in [-0.15, -0.1) is 0 Å². The summed E-state index contributed by atoms with van der Waals surface area (Å²) in [6.07, 6.45) is 6.49. The molecule has 2 N–H and O–H groups in total. The summed E-state index contributed by atoms with van der Waals surface area (Å²) in [5.74, 6) is 1.65. The molecule has 2 aliphatic rings. The van der Waals surface area contributed by atoms with E-state index in [1.807, 2.05) is 0 Å². The Kier molecular flexibility index (Phi) is 6.41. The third kappa shape index (κ3) is 4.88. The average molecular weight is 393 g/mol. The lowest BCUT2D eigenvalue weighted by Crippen LogP contribution is -2.42. The predicted molar refractivity (Wildman–Crippen MR) is 106 cm³/mol. The smallest absolute Gasteiger partial charge is 0.191 e. The minimum Gasteiger partial charge on any atom is -0.371 e. The number of guanidine groups is 1. The van der Waals surface area contributed by atoms with Crippen LogP contribution >= 0.6 is 15.9 Å². The minimum absolute atomic E-state index is 0.616. The van der Waals surface area contributed by atoms with Crippen LogP contribution in [0.15, 0.2) is 33.7 Å². The van der Waals surface area contributed by atoms with Crippen molar-refractivity contribution in [1.82, 2.24) is 10.6 Å². The van der Waals surface area contributed by atoms with Crippen LogP contribution in [0.4, 0.5) is 5.69 Å². The van der Waals surface area contributed by atoms with Crippen molar-refractivity contribution >= 4 is 27.6 Å². The minimum atomic E-state index is 0.616. The van der Waals surface area contributed by atoms with Crippen LogP contribution in [-0.4, -0.2) is 38.2 Å². The van der Waals surface area contributed by atoms with Gasteiger partial charge in [0.15, 0.2) is 5.96 Å². The maximum Gasteiger partial charge on any atom is 0.191 e. The van der Waals surface area contributed by atoms with E-state index in [0.29, 0.717) is 12.0 Å². The first-order chi connectivity index (χ1) is 11.7. The third-order valence-electron chi connectivity index (χ3n) is 5.03. The number of halogens is 1. The van der Waals surface area contributed by atoms with Gasteiger partial charge in [-0.05, 0) is 56.4 Å². The monoisotopic (exact) mass is 392 g/mol. The normalized spacial score (nSPS) is 22.2. The van der Waals surface area contributed by atoms with Crippen molar-refractivity contribution in [2.45, 2.75) is 45.1 Å². The Labute approximate surface area is 154 Å². The molecule has 0 spiro atoms. The summed E-state index contributed by atoms with van der Waals surface area (Å²) in [4.78, 5) is 7.34. The highest BCUT2D eigenvalue weighted by atomic mass is 79.9. The Bertz CT molecular complexity index is 537.